The van der Waals surface area contributed by atoms with Crippen molar-refractivity contribution >= 4 is 0 Å². The molecule has 7 heteroatoms. The number of halogens is 3. The molecule has 0 unspecified atom stereocenters. The van der Waals surface area contributed by atoms with E-state index in [2.05, 4.69) is 14.9 Å². The number of alkyl halides is 3. The zero-order chi connectivity index (χ0) is 19.7. The summed E-state index contributed by atoms with van der Waals surface area (Å²) in [6.07, 6.45) is 0.170. The average Bonchev–Trinajstić information content (AvgIpc) is 2.62. The summed E-state index contributed by atoms with van der Waals surface area (Å²) in [6, 6.07) is 7.33. The molecule has 0 atom stereocenters. The first-order valence-corrected chi connectivity index (χ1v) is 9.21. The number of nitrogens with zero attached hydrogens (tertiary/aromatic N) is 3. The summed E-state index contributed by atoms with van der Waals surface area (Å²) in [6.45, 7) is 4.55. The predicted octanol–water partition coefficient (Wildman–Crippen LogP) is 4.02. The Morgan fingerprint density at radius 3 is 2.33 bits per heavy atom. The van der Waals surface area contributed by atoms with Crippen molar-refractivity contribution in [2.45, 2.75) is 51.9 Å². The van der Waals surface area contributed by atoms with Crippen LogP contribution in [0.1, 0.15) is 41.8 Å². The van der Waals surface area contributed by atoms with Gasteiger partial charge < -0.3 is 5.73 Å². The maximum Gasteiger partial charge on any atom is 0.389 e. The minimum atomic E-state index is -4.17. The second-order valence-electron chi connectivity index (χ2n) is 6.70. The van der Waals surface area contributed by atoms with E-state index in [-0.39, 0.29) is 6.42 Å². The number of hydrogen-bond donors (Lipinski definition) is 1. The van der Waals surface area contributed by atoms with Crippen molar-refractivity contribution in [3.05, 3.63) is 59.2 Å². The third-order valence-electron chi connectivity index (χ3n) is 4.46. The van der Waals surface area contributed by atoms with Crippen molar-refractivity contribution in [2.24, 2.45) is 5.73 Å². The lowest BCUT2D eigenvalue weighted by atomic mass is 10.1. The molecule has 2 aromatic rings. The van der Waals surface area contributed by atoms with Crippen LogP contribution >= 0.6 is 0 Å². The van der Waals surface area contributed by atoms with Gasteiger partial charge in [-0.25, -0.2) is 0 Å². The second-order valence-corrected chi connectivity index (χ2v) is 6.70. The Balaban J connectivity index is 2.13. The van der Waals surface area contributed by atoms with Crippen LogP contribution in [-0.2, 0) is 19.5 Å². The summed E-state index contributed by atoms with van der Waals surface area (Å²) in [7, 11) is 0. The first kappa shape index (κ1) is 21.3. The van der Waals surface area contributed by atoms with Crippen LogP contribution in [0.3, 0.4) is 0 Å². The number of aryl methyl sites for hydroxylation is 2. The van der Waals surface area contributed by atoms with E-state index in [0.717, 1.165) is 30.6 Å². The van der Waals surface area contributed by atoms with Crippen molar-refractivity contribution in [3.63, 3.8) is 0 Å². The van der Waals surface area contributed by atoms with Gasteiger partial charge in [0.15, 0.2) is 0 Å². The summed E-state index contributed by atoms with van der Waals surface area (Å²) in [5.74, 6) is 0. The minimum absolute atomic E-state index is 0.0497. The SMILES string of the molecule is Cc1cccnc1CN(CCCCN)Cc1ncccc1CCC(F)(F)F. The number of pyridine rings is 2. The van der Waals surface area contributed by atoms with Crippen molar-refractivity contribution in [1.82, 2.24) is 14.9 Å². The highest BCUT2D eigenvalue weighted by molar-refractivity contribution is 5.21. The van der Waals surface area contributed by atoms with Crippen molar-refractivity contribution < 1.29 is 13.2 Å². The largest absolute Gasteiger partial charge is 0.389 e. The number of aromatic nitrogens is 2. The van der Waals surface area contributed by atoms with Gasteiger partial charge in [0.05, 0.1) is 11.4 Å². The molecule has 148 valence electrons. The van der Waals surface area contributed by atoms with Gasteiger partial charge in [-0.15, -0.1) is 0 Å². The Morgan fingerprint density at radius 1 is 1.00 bits per heavy atom. The molecule has 4 nitrogen and oxygen atoms in total. The van der Waals surface area contributed by atoms with E-state index >= 15 is 0 Å². The molecule has 0 bridgehead atoms. The first-order valence-electron chi connectivity index (χ1n) is 9.21. The Labute approximate surface area is 158 Å². The first-order chi connectivity index (χ1) is 12.9. The smallest absolute Gasteiger partial charge is 0.330 e. The van der Waals surface area contributed by atoms with Crippen LogP contribution < -0.4 is 5.73 Å². The molecule has 0 saturated carbocycles. The van der Waals surface area contributed by atoms with E-state index in [4.69, 9.17) is 5.73 Å². The molecule has 0 aliphatic carbocycles. The monoisotopic (exact) mass is 380 g/mol. The van der Waals surface area contributed by atoms with Crippen molar-refractivity contribution in [3.8, 4) is 0 Å². The molecule has 2 N–H and O–H groups in total. The molecule has 27 heavy (non-hydrogen) atoms. The molecule has 2 rings (SSSR count). The van der Waals surface area contributed by atoms with Crippen LogP contribution in [0.15, 0.2) is 36.7 Å². The van der Waals surface area contributed by atoms with Crippen molar-refractivity contribution in [2.75, 3.05) is 13.1 Å². The Morgan fingerprint density at radius 2 is 1.67 bits per heavy atom. The molecule has 0 aromatic carbocycles. The molecule has 2 aromatic heterocycles. The van der Waals surface area contributed by atoms with Crippen LogP contribution in [-0.4, -0.2) is 34.1 Å². The molecule has 0 saturated heterocycles. The molecule has 2 heterocycles. The van der Waals surface area contributed by atoms with Gasteiger partial charge in [-0.1, -0.05) is 12.1 Å². The predicted molar refractivity (Wildman–Crippen MR) is 100.0 cm³/mol. The number of unbranched alkanes of at least 4 members (excludes halogenated alkanes) is 1. The minimum Gasteiger partial charge on any atom is -0.330 e. The quantitative estimate of drug-likeness (QED) is 0.633. The van der Waals surface area contributed by atoms with Crippen LogP contribution in [0.5, 0.6) is 0 Å². The molecule has 0 fully saturated rings. The van der Waals surface area contributed by atoms with Crippen LogP contribution in [0.2, 0.25) is 0 Å². The van der Waals surface area contributed by atoms with E-state index < -0.39 is 12.6 Å². The van der Waals surface area contributed by atoms with Gasteiger partial charge in [-0.05, 0) is 62.5 Å². The lowest BCUT2D eigenvalue weighted by Gasteiger charge is -2.23. The lowest BCUT2D eigenvalue weighted by molar-refractivity contribution is -0.134. The van der Waals surface area contributed by atoms with E-state index in [1.54, 1.807) is 24.5 Å². The fraction of sp³-hybridized carbons (Fsp3) is 0.500. The molecule has 0 amide bonds. The van der Waals surface area contributed by atoms with E-state index in [0.29, 0.717) is 30.9 Å². The molecule has 0 spiro atoms. The lowest BCUT2D eigenvalue weighted by Crippen LogP contribution is -2.26. The van der Waals surface area contributed by atoms with Gasteiger partial charge in [0.1, 0.15) is 0 Å². The number of nitrogens with two attached hydrogens (primary N) is 1. The van der Waals surface area contributed by atoms with E-state index in [1.165, 1.54) is 0 Å². The second kappa shape index (κ2) is 10.4. The maximum absolute atomic E-state index is 12.6. The highest BCUT2D eigenvalue weighted by Crippen LogP contribution is 2.23. The molecule has 0 aliphatic heterocycles. The van der Waals surface area contributed by atoms with Gasteiger partial charge in [0.25, 0.3) is 0 Å². The zero-order valence-electron chi connectivity index (χ0n) is 15.7. The highest BCUT2D eigenvalue weighted by Gasteiger charge is 2.27. The number of hydrogen-bond acceptors (Lipinski definition) is 4. The normalized spacial score (nSPS) is 11.9. The van der Waals surface area contributed by atoms with E-state index in [9.17, 15) is 13.2 Å². The van der Waals surface area contributed by atoms with E-state index in [1.807, 2.05) is 19.1 Å². The standard InChI is InChI=1S/C20H27F3N4/c1-16-6-4-11-25-18(16)14-27(13-3-2-10-24)15-19-17(7-5-12-26-19)8-9-20(21,22)23/h4-7,11-12H,2-3,8-10,13-15,24H2,1H3. The zero-order valence-corrected chi connectivity index (χ0v) is 15.7. The summed E-state index contributed by atoms with van der Waals surface area (Å²) < 4.78 is 37.9. The molecule has 0 radical (unpaired) electrons. The van der Waals surface area contributed by atoms with Crippen molar-refractivity contribution in [1.29, 1.82) is 0 Å². The topological polar surface area (TPSA) is 55.0 Å². The van der Waals surface area contributed by atoms with Gasteiger partial charge in [0.2, 0.25) is 0 Å². The molecular weight excluding hydrogens is 353 g/mol. The Kier molecular flexibility index (Phi) is 8.19. The summed E-state index contributed by atoms with van der Waals surface area (Å²) in [5.41, 5.74) is 9.01. The van der Waals surface area contributed by atoms with Crippen LogP contribution in [0.25, 0.3) is 0 Å². The number of rotatable bonds is 10. The third kappa shape index (κ3) is 7.64. The van der Waals surface area contributed by atoms with Crippen LogP contribution in [0.4, 0.5) is 13.2 Å². The average molecular weight is 380 g/mol. The fourth-order valence-electron chi connectivity index (χ4n) is 2.92. The Bertz CT molecular complexity index is 704. The fourth-order valence-corrected chi connectivity index (χ4v) is 2.92. The molecular formula is C20H27F3N4. The summed E-state index contributed by atoms with van der Waals surface area (Å²) >= 11 is 0. The van der Waals surface area contributed by atoms with Gasteiger partial charge in [0, 0.05) is 31.9 Å². The third-order valence-corrected chi connectivity index (χ3v) is 4.46. The summed E-state index contributed by atoms with van der Waals surface area (Å²) in [4.78, 5) is 11.0. The Hall–Kier alpha value is -1.99. The highest BCUT2D eigenvalue weighted by atomic mass is 19.4. The maximum atomic E-state index is 12.6. The van der Waals surface area contributed by atoms with Gasteiger partial charge in [-0.3, -0.25) is 14.9 Å². The molecule has 0 aliphatic rings. The summed E-state index contributed by atoms with van der Waals surface area (Å²) in [5, 5.41) is 0. The van der Waals surface area contributed by atoms with Gasteiger partial charge >= 0.3 is 6.18 Å². The van der Waals surface area contributed by atoms with Crippen LogP contribution in [0, 0.1) is 6.92 Å². The van der Waals surface area contributed by atoms with Gasteiger partial charge in [-0.2, -0.15) is 13.2 Å².